The molecule has 6 nitrogen and oxygen atoms in total. The van der Waals surface area contributed by atoms with Crippen LogP contribution in [0, 0.1) is 12.7 Å². The van der Waals surface area contributed by atoms with E-state index in [0.717, 1.165) is 5.56 Å². The van der Waals surface area contributed by atoms with Gasteiger partial charge in [-0.05, 0) is 30.2 Å². The Balaban J connectivity index is 2.09. The highest BCUT2D eigenvalue weighted by Gasteiger charge is 2.26. The molecule has 0 aliphatic heterocycles. The van der Waals surface area contributed by atoms with Crippen LogP contribution in [0.25, 0.3) is 0 Å². The fourth-order valence-corrected chi connectivity index (χ4v) is 2.38. The second kappa shape index (κ2) is 7.04. The number of halogens is 1. The number of carbonyl (C=O) groups excluding carboxylic acids is 2. The number of aryl methyl sites for hydroxylation is 2. The van der Waals surface area contributed by atoms with Gasteiger partial charge in [-0.15, -0.1) is 0 Å². The molecule has 7 heteroatoms. The van der Waals surface area contributed by atoms with Crippen molar-refractivity contribution in [1.29, 1.82) is 0 Å². The van der Waals surface area contributed by atoms with Crippen LogP contribution < -0.4 is 5.73 Å². The van der Waals surface area contributed by atoms with Crippen LogP contribution in [0.5, 0.6) is 0 Å². The molecule has 23 heavy (non-hydrogen) atoms. The maximum atomic E-state index is 13.4. The average molecular weight is 318 g/mol. The third kappa shape index (κ3) is 4.15. The Morgan fingerprint density at radius 1 is 1.43 bits per heavy atom. The summed E-state index contributed by atoms with van der Waals surface area (Å²) in [6.45, 7) is 2.30. The summed E-state index contributed by atoms with van der Waals surface area (Å²) >= 11 is 0. The number of carbonyl (C=O) groups is 2. The van der Waals surface area contributed by atoms with E-state index in [1.54, 1.807) is 16.9 Å². The molecule has 0 fully saturated rings. The van der Waals surface area contributed by atoms with Crippen molar-refractivity contribution >= 4 is 11.8 Å². The van der Waals surface area contributed by atoms with E-state index >= 15 is 0 Å². The quantitative estimate of drug-likeness (QED) is 0.874. The standard InChI is InChI=1S/C16H19FN4O2/c1-11-9-19-21(10-11)7-6-14(22)20(2)15(16(18)23)12-4-3-5-13(17)8-12/h3-5,8-10,15H,6-7H2,1-2H3,(H2,18,23)/t15-/m1/s1. The molecule has 0 aliphatic carbocycles. The molecule has 122 valence electrons. The third-order valence-electron chi connectivity index (χ3n) is 3.53. The molecule has 0 unspecified atom stereocenters. The van der Waals surface area contributed by atoms with Crippen molar-refractivity contribution in [2.24, 2.45) is 5.73 Å². The molecular formula is C16H19FN4O2. The van der Waals surface area contributed by atoms with Gasteiger partial charge in [-0.2, -0.15) is 5.10 Å². The first-order chi connectivity index (χ1) is 10.9. The zero-order valence-corrected chi connectivity index (χ0v) is 13.1. The maximum absolute atomic E-state index is 13.4. The minimum Gasteiger partial charge on any atom is -0.368 e. The summed E-state index contributed by atoms with van der Waals surface area (Å²) in [6, 6.07) is 4.52. The molecule has 1 atom stereocenters. The minimum absolute atomic E-state index is 0.163. The Bertz CT molecular complexity index is 714. The molecule has 0 bridgehead atoms. The molecule has 1 heterocycles. The number of nitrogens with two attached hydrogens (primary N) is 1. The smallest absolute Gasteiger partial charge is 0.244 e. The summed E-state index contributed by atoms with van der Waals surface area (Å²) in [6.07, 6.45) is 3.69. The van der Waals surface area contributed by atoms with Crippen molar-refractivity contribution < 1.29 is 14.0 Å². The molecule has 1 aromatic heterocycles. The van der Waals surface area contributed by atoms with E-state index in [4.69, 9.17) is 5.73 Å². The number of hydrogen-bond acceptors (Lipinski definition) is 3. The lowest BCUT2D eigenvalue weighted by molar-refractivity contribution is -0.138. The monoisotopic (exact) mass is 318 g/mol. The predicted octanol–water partition coefficient (Wildman–Crippen LogP) is 1.41. The molecule has 0 aliphatic rings. The number of nitrogens with zero attached hydrogens (tertiary/aromatic N) is 3. The van der Waals surface area contributed by atoms with E-state index < -0.39 is 17.8 Å². The number of likely N-dealkylation sites (N-methyl/N-ethyl adjacent to an activating group) is 1. The van der Waals surface area contributed by atoms with Gasteiger partial charge in [-0.1, -0.05) is 12.1 Å². The largest absolute Gasteiger partial charge is 0.368 e. The SMILES string of the molecule is Cc1cnn(CCC(=O)N(C)[C@@H](C(N)=O)c2cccc(F)c2)c1. The lowest BCUT2D eigenvalue weighted by Crippen LogP contribution is -2.39. The lowest BCUT2D eigenvalue weighted by Gasteiger charge is -2.26. The van der Waals surface area contributed by atoms with Crippen LogP contribution in [0.3, 0.4) is 0 Å². The van der Waals surface area contributed by atoms with Crippen molar-refractivity contribution in [1.82, 2.24) is 14.7 Å². The van der Waals surface area contributed by atoms with E-state index in [-0.39, 0.29) is 12.3 Å². The van der Waals surface area contributed by atoms with Crippen molar-refractivity contribution in [3.8, 4) is 0 Å². The molecule has 1 aromatic carbocycles. The Morgan fingerprint density at radius 3 is 2.74 bits per heavy atom. The fraction of sp³-hybridized carbons (Fsp3) is 0.312. The first kappa shape index (κ1) is 16.7. The van der Waals surface area contributed by atoms with Crippen LogP contribution in [0.1, 0.15) is 23.6 Å². The number of hydrogen-bond donors (Lipinski definition) is 1. The van der Waals surface area contributed by atoms with Crippen LogP contribution >= 0.6 is 0 Å². The normalized spacial score (nSPS) is 12.0. The van der Waals surface area contributed by atoms with Crippen molar-refractivity contribution in [2.45, 2.75) is 25.9 Å². The number of amides is 2. The van der Waals surface area contributed by atoms with Crippen molar-refractivity contribution in [3.05, 3.63) is 53.6 Å². The van der Waals surface area contributed by atoms with Gasteiger partial charge in [0.05, 0.1) is 6.20 Å². The van der Waals surface area contributed by atoms with Gasteiger partial charge in [0.1, 0.15) is 11.9 Å². The summed E-state index contributed by atoms with van der Waals surface area (Å²) in [5.74, 6) is -1.46. The Labute approximate surface area is 133 Å². The number of aromatic nitrogens is 2. The highest BCUT2D eigenvalue weighted by molar-refractivity contribution is 5.87. The van der Waals surface area contributed by atoms with Gasteiger partial charge in [-0.3, -0.25) is 14.3 Å². The molecule has 0 saturated carbocycles. The zero-order valence-electron chi connectivity index (χ0n) is 13.1. The van der Waals surface area contributed by atoms with Crippen LogP contribution in [0.15, 0.2) is 36.7 Å². The zero-order chi connectivity index (χ0) is 17.0. The Hall–Kier alpha value is -2.70. The lowest BCUT2D eigenvalue weighted by atomic mass is 10.0. The fourth-order valence-electron chi connectivity index (χ4n) is 2.38. The van der Waals surface area contributed by atoms with Crippen molar-refractivity contribution in [3.63, 3.8) is 0 Å². The summed E-state index contributed by atoms with van der Waals surface area (Å²) in [5, 5.41) is 4.10. The van der Waals surface area contributed by atoms with Gasteiger partial charge >= 0.3 is 0 Å². The van der Waals surface area contributed by atoms with Crippen LogP contribution in [0.2, 0.25) is 0 Å². The van der Waals surface area contributed by atoms with Crippen molar-refractivity contribution in [2.75, 3.05) is 7.05 Å². The van der Waals surface area contributed by atoms with E-state index in [1.165, 1.54) is 30.1 Å². The summed E-state index contributed by atoms with van der Waals surface area (Å²) in [5.41, 5.74) is 6.75. The highest BCUT2D eigenvalue weighted by atomic mass is 19.1. The molecule has 2 N–H and O–H groups in total. The summed E-state index contributed by atoms with van der Waals surface area (Å²) < 4.78 is 15.0. The van der Waals surface area contributed by atoms with Gasteiger partial charge in [0.2, 0.25) is 11.8 Å². The summed E-state index contributed by atoms with van der Waals surface area (Å²) in [4.78, 5) is 25.3. The van der Waals surface area contributed by atoms with E-state index in [2.05, 4.69) is 5.10 Å². The second-order valence-electron chi connectivity index (χ2n) is 5.40. The number of rotatable bonds is 6. The van der Waals surface area contributed by atoms with E-state index in [1.807, 2.05) is 13.1 Å². The average Bonchev–Trinajstić information content (AvgIpc) is 2.90. The first-order valence-electron chi connectivity index (χ1n) is 7.18. The van der Waals surface area contributed by atoms with Gasteiger partial charge in [0.15, 0.2) is 0 Å². The maximum Gasteiger partial charge on any atom is 0.244 e. The minimum atomic E-state index is -1.00. The summed E-state index contributed by atoms with van der Waals surface area (Å²) in [7, 11) is 1.48. The van der Waals surface area contributed by atoms with Gasteiger partial charge < -0.3 is 10.6 Å². The van der Waals surface area contributed by atoms with Crippen LogP contribution in [-0.2, 0) is 16.1 Å². The first-order valence-corrected chi connectivity index (χ1v) is 7.18. The van der Waals surface area contributed by atoms with E-state index in [9.17, 15) is 14.0 Å². The molecule has 2 rings (SSSR count). The number of primary amides is 1. The highest BCUT2D eigenvalue weighted by Crippen LogP contribution is 2.20. The third-order valence-corrected chi connectivity index (χ3v) is 3.53. The topological polar surface area (TPSA) is 81.2 Å². The van der Waals surface area contributed by atoms with Gasteiger partial charge in [0, 0.05) is 26.2 Å². The molecule has 2 amide bonds. The Kier molecular flexibility index (Phi) is 5.10. The molecule has 0 saturated heterocycles. The molecule has 0 radical (unpaired) electrons. The van der Waals surface area contributed by atoms with Gasteiger partial charge in [0.25, 0.3) is 0 Å². The second-order valence-corrected chi connectivity index (χ2v) is 5.40. The molecular weight excluding hydrogens is 299 g/mol. The van der Waals surface area contributed by atoms with Crippen LogP contribution in [0.4, 0.5) is 4.39 Å². The predicted molar refractivity (Wildman–Crippen MR) is 82.7 cm³/mol. The van der Waals surface area contributed by atoms with Gasteiger partial charge in [-0.25, -0.2) is 4.39 Å². The Morgan fingerprint density at radius 2 is 2.17 bits per heavy atom. The number of benzene rings is 1. The van der Waals surface area contributed by atoms with E-state index in [0.29, 0.717) is 12.1 Å². The van der Waals surface area contributed by atoms with Crippen LogP contribution in [-0.4, -0.2) is 33.5 Å². The molecule has 0 spiro atoms. The molecule has 2 aromatic rings.